The van der Waals surface area contributed by atoms with Crippen LogP contribution in [0.5, 0.6) is 0 Å². The van der Waals surface area contributed by atoms with E-state index in [0.29, 0.717) is 5.02 Å². The number of rotatable bonds is 18. The molecule has 3 heterocycles. The number of amides is 2. The first-order valence-corrected chi connectivity index (χ1v) is 23.7. The van der Waals surface area contributed by atoms with Gasteiger partial charge < -0.3 is 38.3 Å². The predicted octanol–water partition coefficient (Wildman–Crippen LogP) is 9.29. The van der Waals surface area contributed by atoms with E-state index in [1.807, 2.05) is 140 Å². The van der Waals surface area contributed by atoms with Crippen molar-refractivity contribution in [1.82, 2.24) is 4.90 Å². The number of halogens is 1. The molecule has 0 aromatic heterocycles. The number of hydrogen-bond acceptors (Lipinski definition) is 11. The Morgan fingerprint density at radius 2 is 1.03 bits per heavy atom. The fourth-order valence-electron chi connectivity index (χ4n) is 8.69. The third kappa shape index (κ3) is 11.2. The maximum atomic E-state index is 14.6. The molecule has 2 amide bonds. The van der Waals surface area contributed by atoms with Gasteiger partial charge in [0.15, 0.2) is 6.29 Å². The lowest BCUT2D eigenvalue weighted by molar-refractivity contribution is -0.344. The maximum Gasteiger partial charge on any atom is 0.262 e. The van der Waals surface area contributed by atoms with Crippen molar-refractivity contribution in [2.45, 2.75) is 98.7 Å². The van der Waals surface area contributed by atoms with Crippen molar-refractivity contribution >= 4 is 35.2 Å². The van der Waals surface area contributed by atoms with Crippen molar-refractivity contribution in [3.05, 3.63) is 208 Å². The van der Waals surface area contributed by atoms with Gasteiger partial charge in [-0.2, -0.15) is 0 Å². The molecule has 2 saturated heterocycles. The first kappa shape index (κ1) is 46.9. The third-order valence-corrected chi connectivity index (χ3v) is 13.5. The molecule has 346 valence electrons. The van der Waals surface area contributed by atoms with Crippen molar-refractivity contribution in [2.75, 3.05) is 6.61 Å². The van der Waals surface area contributed by atoms with Crippen LogP contribution in [0, 0.1) is 0 Å². The molecule has 11 nitrogen and oxygen atoms in total. The van der Waals surface area contributed by atoms with Gasteiger partial charge >= 0.3 is 0 Å². The smallest absolute Gasteiger partial charge is 0.262 e. The van der Waals surface area contributed by atoms with Crippen LogP contribution in [0.4, 0.5) is 0 Å². The topological polar surface area (TPSA) is 122 Å². The summed E-state index contributed by atoms with van der Waals surface area (Å²) in [5.74, 6) is -1.08. The lowest BCUT2D eigenvalue weighted by Gasteiger charge is -2.50. The quantitative estimate of drug-likeness (QED) is 0.0831. The average molecular weight is 943 g/mol. The second-order valence-corrected chi connectivity index (χ2v) is 18.3. The number of carbonyl (C=O) groups is 2. The zero-order valence-corrected chi connectivity index (χ0v) is 38.4. The molecule has 3 aliphatic heterocycles. The van der Waals surface area contributed by atoms with Gasteiger partial charge in [0, 0.05) is 9.92 Å². The number of fused-ring (bicyclic) bond motifs is 1. The molecule has 0 aliphatic carbocycles. The highest BCUT2D eigenvalue weighted by atomic mass is 35.5. The van der Waals surface area contributed by atoms with Gasteiger partial charge in [-0.1, -0.05) is 157 Å². The van der Waals surface area contributed by atoms with Crippen LogP contribution in [0.15, 0.2) is 175 Å². The van der Waals surface area contributed by atoms with E-state index >= 15 is 0 Å². The first-order valence-electron chi connectivity index (χ1n) is 22.4. The van der Waals surface area contributed by atoms with Gasteiger partial charge in [-0.25, -0.2) is 0 Å². The minimum absolute atomic E-state index is 0.0451. The fraction of sp³-hybridized carbons (Fsp3) is 0.296. The normalized spacial score (nSPS) is 26.1. The van der Waals surface area contributed by atoms with Crippen LogP contribution in [-0.2, 0) is 59.6 Å². The summed E-state index contributed by atoms with van der Waals surface area (Å²) in [6.07, 6.45) is -7.98. The number of ether oxygens (including phenoxy) is 7. The zero-order chi connectivity index (χ0) is 46.1. The number of hydrogen-bond donors (Lipinski definition) is 1. The van der Waals surface area contributed by atoms with Crippen LogP contribution in [0.1, 0.15) is 49.9 Å². The van der Waals surface area contributed by atoms with Crippen LogP contribution in [-0.4, -0.2) is 88.9 Å². The molecule has 1 N–H and O–H groups in total. The molecule has 10 atom stereocenters. The van der Waals surface area contributed by atoms with E-state index in [9.17, 15) is 14.7 Å². The summed E-state index contributed by atoms with van der Waals surface area (Å²) in [6, 6.07) is 51.8. The van der Waals surface area contributed by atoms with Crippen LogP contribution < -0.4 is 0 Å². The van der Waals surface area contributed by atoms with Gasteiger partial charge in [0.1, 0.15) is 48.1 Å². The maximum absolute atomic E-state index is 14.6. The highest BCUT2D eigenvalue weighted by Gasteiger charge is 2.57. The molecule has 6 aromatic carbocycles. The Kier molecular flexibility index (Phi) is 15.6. The van der Waals surface area contributed by atoms with E-state index in [-0.39, 0.29) is 44.2 Å². The molecule has 0 bridgehead atoms. The Labute approximate surface area is 399 Å². The molecule has 67 heavy (non-hydrogen) atoms. The minimum atomic E-state index is -1.45. The molecular formula is C54H52ClNO10S. The lowest BCUT2D eigenvalue weighted by Crippen LogP contribution is -2.68. The van der Waals surface area contributed by atoms with E-state index < -0.39 is 72.3 Å². The summed E-state index contributed by atoms with van der Waals surface area (Å²) in [6.45, 7) is 2.74. The van der Waals surface area contributed by atoms with Crippen LogP contribution in [0.25, 0.3) is 0 Å². The summed E-state index contributed by atoms with van der Waals surface area (Å²) in [5, 5.41) is 13.2. The zero-order valence-electron chi connectivity index (χ0n) is 36.8. The van der Waals surface area contributed by atoms with Crippen LogP contribution in [0.3, 0.4) is 0 Å². The highest BCUT2D eigenvalue weighted by molar-refractivity contribution is 7.99. The number of imide groups is 1. The summed E-state index contributed by atoms with van der Waals surface area (Å²) in [7, 11) is 0. The number of benzene rings is 6. The van der Waals surface area contributed by atoms with Gasteiger partial charge in [0.2, 0.25) is 0 Å². The fourth-order valence-corrected chi connectivity index (χ4v) is 9.99. The SMILES string of the molecule is C[C@@H]1O[C@@H](O[C@H]2[C@H](O)[C@@H](COCc3ccccc3)O[C@@H](Sc3ccc(Cl)cc3)[C@@H]2N2C(=O)c3ccccc3C2=O)[C@@H](OCc2ccccc2)[C@H](OCc2ccccc2)[C@@H]1OCc1ccccc1. The van der Waals surface area contributed by atoms with Crippen molar-refractivity contribution in [1.29, 1.82) is 0 Å². The summed E-state index contributed by atoms with van der Waals surface area (Å²) in [5.41, 5.74) is 3.24. The van der Waals surface area contributed by atoms with Gasteiger partial charge in [-0.05, 0) is 65.6 Å². The van der Waals surface area contributed by atoms with E-state index in [1.54, 1.807) is 36.4 Å². The molecule has 0 saturated carbocycles. The number of aliphatic hydroxyl groups is 1. The predicted molar refractivity (Wildman–Crippen MR) is 253 cm³/mol. The number of aliphatic hydroxyl groups excluding tert-OH is 1. The minimum Gasteiger partial charge on any atom is -0.388 e. The van der Waals surface area contributed by atoms with Crippen LogP contribution in [0.2, 0.25) is 5.02 Å². The Hall–Kier alpha value is -5.22. The Morgan fingerprint density at radius 1 is 0.567 bits per heavy atom. The molecule has 3 aliphatic rings. The molecule has 6 aromatic rings. The Bertz CT molecular complexity index is 2490. The second-order valence-electron chi connectivity index (χ2n) is 16.7. The lowest BCUT2D eigenvalue weighted by atomic mass is 9.95. The molecule has 0 spiro atoms. The van der Waals surface area contributed by atoms with Gasteiger partial charge in [-0.15, -0.1) is 0 Å². The average Bonchev–Trinajstić information content (AvgIpc) is 3.61. The molecule has 9 rings (SSSR count). The standard InChI is InChI=1S/C54H52ClNO10S/c1-35-47(61-31-37-18-8-3-9-19-37)49(62-32-38-20-10-4-11-21-38)50(63-33-39-22-12-5-13-23-39)53(64-35)66-48-45(56-51(58)42-24-14-15-25-43(42)52(56)59)54(67-41-28-26-40(55)27-29-41)65-44(46(48)57)34-60-30-36-16-6-2-7-17-36/h2-29,35,44-50,53-54,57H,30-34H2,1H3/t35-,44+,45+,46+,47+,48+,49+,50-,53-,54-/m0/s1. The summed E-state index contributed by atoms with van der Waals surface area (Å²) >= 11 is 7.61. The van der Waals surface area contributed by atoms with E-state index in [1.165, 1.54) is 11.8 Å². The van der Waals surface area contributed by atoms with Crippen molar-refractivity contribution < 1.29 is 47.9 Å². The van der Waals surface area contributed by atoms with E-state index in [2.05, 4.69) is 0 Å². The number of thioether (sulfide) groups is 1. The molecule has 2 fully saturated rings. The number of nitrogens with zero attached hydrogens (tertiary/aromatic N) is 1. The third-order valence-electron chi connectivity index (χ3n) is 12.1. The summed E-state index contributed by atoms with van der Waals surface area (Å²) < 4.78 is 47.4. The first-order chi connectivity index (χ1) is 32.8. The van der Waals surface area contributed by atoms with E-state index in [4.69, 9.17) is 44.8 Å². The van der Waals surface area contributed by atoms with Gasteiger partial charge in [-0.3, -0.25) is 14.5 Å². The highest BCUT2D eigenvalue weighted by Crippen LogP contribution is 2.42. The van der Waals surface area contributed by atoms with Crippen molar-refractivity contribution in [2.24, 2.45) is 0 Å². The van der Waals surface area contributed by atoms with Crippen molar-refractivity contribution in [3.8, 4) is 0 Å². The second kappa shape index (κ2) is 22.3. The number of carbonyl (C=O) groups excluding carboxylic acids is 2. The molecular weight excluding hydrogens is 890 g/mol. The summed E-state index contributed by atoms with van der Waals surface area (Å²) in [4.78, 5) is 31.0. The van der Waals surface area contributed by atoms with Crippen molar-refractivity contribution in [3.63, 3.8) is 0 Å². The van der Waals surface area contributed by atoms with Gasteiger partial charge in [0.05, 0.1) is 50.3 Å². The van der Waals surface area contributed by atoms with Crippen LogP contribution >= 0.6 is 23.4 Å². The monoisotopic (exact) mass is 941 g/mol. The molecule has 0 unspecified atom stereocenters. The Balaban J connectivity index is 1.10. The molecule has 13 heteroatoms. The molecule has 0 radical (unpaired) electrons. The van der Waals surface area contributed by atoms with Gasteiger partial charge in [0.25, 0.3) is 11.8 Å². The van der Waals surface area contributed by atoms with E-state index in [0.717, 1.165) is 32.0 Å². The Morgan fingerprint density at radius 3 is 1.55 bits per heavy atom. The largest absolute Gasteiger partial charge is 0.388 e.